The summed E-state index contributed by atoms with van der Waals surface area (Å²) in [6.07, 6.45) is 1.55. The van der Waals surface area contributed by atoms with Crippen LogP contribution in [0.15, 0.2) is 65.3 Å². The first kappa shape index (κ1) is 19.0. The van der Waals surface area contributed by atoms with Gasteiger partial charge in [0.05, 0.1) is 27.0 Å². The van der Waals surface area contributed by atoms with Gasteiger partial charge in [0, 0.05) is 22.9 Å². The molecule has 28 heavy (non-hydrogen) atoms. The van der Waals surface area contributed by atoms with E-state index in [1.807, 2.05) is 0 Å². The topological polar surface area (TPSA) is 89.8 Å². The minimum absolute atomic E-state index is 0.247. The molecule has 2 aromatic carbocycles. The summed E-state index contributed by atoms with van der Waals surface area (Å²) in [7, 11) is 3.07. The fraction of sp³-hybridized carbons (Fsp3) is 0.143. The lowest BCUT2D eigenvalue weighted by molar-refractivity contribution is 0.0946. The van der Waals surface area contributed by atoms with Crippen LogP contribution in [0.4, 0.5) is 5.69 Å². The summed E-state index contributed by atoms with van der Waals surface area (Å²) in [5.41, 5.74) is 1.45. The number of carbonyl (C=O) groups is 2. The van der Waals surface area contributed by atoms with Gasteiger partial charge in [0.15, 0.2) is 11.5 Å². The molecular weight excluding hydrogens is 360 g/mol. The van der Waals surface area contributed by atoms with Crippen molar-refractivity contribution in [1.82, 2.24) is 5.32 Å². The fourth-order valence-electron chi connectivity index (χ4n) is 2.57. The Bertz CT molecular complexity index is 949. The molecule has 0 aliphatic heterocycles. The number of amides is 2. The zero-order valence-electron chi connectivity index (χ0n) is 15.5. The van der Waals surface area contributed by atoms with E-state index in [1.54, 1.807) is 68.0 Å². The maximum absolute atomic E-state index is 12.4. The molecule has 0 bridgehead atoms. The molecule has 0 spiro atoms. The Hall–Kier alpha value is -3.74. The Morgan fingerprint density at radius 1 is 0.893 bits per heavy atom. The van der Waals surface area contributed by atoms with Crippen LogP contribution >= 0.6 is 0 Å². The molecule has 7 heteroatoms. The largest absolute Gasteiger partial charge is 0.493 e. The molecule has 0 aliphatic carbocycles. The van der Waals surface area contributed by atoms with Crippen molar-refractivity contribution in [1.29, 1.82) is 0 Å². The zero-order valence-corrected chi connectivity index (χ0v) is 15.5. The summed E-state index contributed by atoms with van der Waals surface area (Å²) < 4.78 is 15.6. The van der Waals surface area contributed by atoms with Crippen molar-refractivity contribution >= 4 is 17.5 Å². The van der Waals surface area contributed by atoms with E-state index >= 15 is 0 Å². The van der Waals surface area contributed by atoms with Gasteiger partial charge in [0.2, 0.25) is 0 Å². The zero-order chi connectivity index (χ0) is 19.9. The molecule has 2 amide bonds. The normalized spacial score (nSPS) is 10.2. The Balaban J connectivity index is 1.62. The lowest BCUT2D eigenvalue weighted by atomic mass is 10.1. The molecular formula is C21H20N2O5. The predicted octanol–water partition coefficient (Wildman–Crippen LogP) is 3.48. The van der Waals surface area contributed by atoms with E-state index < -0.39 is 0 Å². The third-order valence-corrected chi connectivity index (χ3v) is 4.05. The van der Waals surface area contributed by atoms with Crippen LogP contribution in [0.25, 0.3) is 0 Å². The van der Waals surface area contributed by atoms with E-state index in [-0.39, 0.29) is 11.8 Å². The van der Waals surface area contributed by atoms with E-state index in [0.29, 0.717) is 40.6 Å². The van der Waals surface area contributed by atoms with Gasteiger partial charge in [-0.1, -0.05) is 0 Å². The third-order valence-electron chi connectivity index (χ3n) is 4.05. The monoisotopic (exact) mass is 380 g/mol. The average molecular weight is 380 g/mol. The summed E-state index contributed by atoms with van der Waals surface area (Å²) in [6, 6.07) is 15.0. The molecule has 1 heterocycles. The molecule has 0 aliphatic rings. The highest BCUT2D eigenvalue weighted by molar-refractivity contribution is 6.05. The van der Waals surface area contributed by atoms with E-state index in [4.69, 9.17) is 13.9 Å². The quantitative estimate of drug-likeness (QED) is 0.655. The first-order chi connectivity index (χ1) is 13.6. The van der Waals surface area contributed by atoms with Crippen LogP contribution in [0.1, 0.15) is 26.5 Å². The highest BCUT2D eigenvalue weighted by Gasteiger charge is 2.11. The Morgan fingerprint density at radius 2 is 1.57 bits per heavy atom. The van der Waals surface area contributed by atoms with Crippen LogP contribution in [0, 0.1) is 0 Å². The van der Waals surface area contributed by atoms with Crippen molar-refractivity contribution in [3.63, 3.8) is 0 Å². The van der Waals surface area contributed by atoms with Gasteiger partial charge in [-0.15, -0.1) is 0 Å². The molecule has 1 aromatic heterocycles. The Labute approximate surface area is 162 Å². The second-order valence-electron chi connectivity index (χ2n) is 5.86. The lowest BCUT2D eigenvalue weighted by Crippen LogP contribution is -2.22. The third kappa shape index (κ3) is 4.50. The second-order valence-corrected chi connectivity index (χ2v) is 5.86. The van der Waals surface area contributed by atoms with Crippen molar-refractivity contribution in [2.75, 3.05) is 19.5 Å². The van der Waals surface area contributed by atoms with Gasteiger partial charge < -0.3 is 24.5 Å². The summed E-state index contributed by atoms with van der Waals surface area (Å²) in [5, 5.41) is 5.54. The van der Waals surface area contributed by atoms with E-state index in [0.717, 1.165) is 0 Å². The average Bonchev–Trinajstić information content (AvgIpc) is 3.25. The summed E-state index contributed by atoms with van der Waals surface area (Å²) in [5.74, 6) is 1.21. The van der Waals surface area contributed by atoms with Crippen LogP contribution in [-0.4, -0.2) is 26.0 Å². The highest BCUT2D eigenvalue weighted by Crippen LogP contribution is 2.29. The number of ether oxygens (including phenoxy) is 2. The smallest absolute Gasteiger partial charge is 0.255 e. The minimum Gasteiger partial charge on any atom is -0.493 e. The van der Waals surface area contributed by atoms with Gasteiger partial charge in [-0.3, -0.25) is 9.59 Å². The van der Waals surface area contributed by atoms with E-state index in [2.05, 4.69) is 10.6 Å². The maximum atomic E-state index is 12.4. The first-order valence-electron chi connectivity index (χ1n) is 8.54. The van der Waals surface area contributed by atoms with Gasteiger partial charge in [-0.2, -0.15) is 0 Å². The van der Waals surface area contributed by atoms with E-state index in [9.17, 15) is 9.59 Å². The summed E-state index contributed by atoms with van der Waals surface area (Å²) in [4.78, 5) is 24.6. The Kier molecular flexibility index (Phi) is 5.96. The molecule has 0 atom stereocenters. The van der Waals surface area contributed by atoms with Crippen LogP contribution in [0.5, 0.6) is 11.5 Å². The number of nitrogens with one attached hydrogen (secondary N) is 2. The molecule has 0 unspecified atom stereocenters. The Morgan fingerprint density at radius 3 is 2.18 bits per heavy atom. The van der Waals surface area contributed by atoms with Crippen molar-refractivity contribution < 1.29 is 23.5 Å². The van der Waals surface area contributed by atoms with Gasteiger partial charge >= 0.3 is 0 Å². The van der Waals surface area contributed by atoms with Crippen molar-refractivity contribution in [3.05, 3.63) is 77.7 Å². The SMILES string of the molecule is COc1ccc(NC(=O)c2ccc(C(=O)NCc3ccco3)cc2)cc1OC. The van der Waals surface area contributed by atoms with Gasteiger partial charge in [0.1, 0.15) is 5.76 Å². The second kappa shape index (κ2) is 8.77. The number of furan rings is 1. The van der Waals surface area contributed by atoms with Crippen molar-refractivity contribution in [2.45, 2.75) is 6.54 Å². The number of benzene rings is 2. The molecule has 0 radical (unpaired) electrons. The number of carbonyl (C=O) groups excluding carboxylic acids is 2. The first-order valence-corrected chi connectivity index (χ1v) is 8.54. The molecule has 144 valence electrons. The van der Waals surface area contributed by atoms with Gasteiger partial charge in [-0.05, 0) is 48.5 Å². The molecule has 0 fully saturated rings. The van der Waals surface area contributed by atoms with Crippen LogP contribution < -0.4 is 20.1 Å². The molecule has 0 saturated heterocycles. The number of methoxy groups -OCH3 is 2. The molecule has 3 aromatic rings. The molecule has 2 N–H and O–H groups in total. The molecule has 3 rings (SSSR count). The molecule has 7 nitrogen and oxygen atoms in total. The van der Waals surface area contributed by atoms with Gasteiger partial charge in [0.25, 0.3) is 11.8 Å². The van der Waals surface area contributed by atoms with Crippen LogP contribution in [0.3, 0.4) is 0 Å². The summed E-state index contributed by atoms with van der Waals surface area (Å²) >= 11 is 0. The number of hydrogen-bond donors (Lipinski definition) is 2. The summed E-state index contributed by atoms with van der Waals surface area (Å²) in [6.45, 7) is 0.299. The molecule has 0 saturated carbocycles. The number of anilines is 1. The minimum atomic E-state index is -0.297. The van der Waals surface area contributed by atoms with Gasteiger partial charge in [-0.25, -0.2) is 0 Å². The van der Waals surface area contributed by atoms with Crippen LogP contribution in [0.2, 0.25) is 0 Å². The maximum Gasteiger partial charge on any atom is 0.255 e. The van der Waals surface area contributed by atoms with Crippen molar-refractivity contribution in [3.8, 4) is 11.5 Å². The van der Waals surface area contributed by atoms with E-state index in [1.165, 1.54) is 7.11 Å². The standard InChI is InChI=1S/C21H20N2O5/c1-26-18-10-9-16(12-19(18)27-2)23-21(25)15-7-5-14(6-8-15)20(24)22-13-17-4-3-11-28-17/h3-12H,13H2,1-2H3,(H,22,24)(H,23,25). The number of hydrogen-bond acceptors (Lipinski definition) is 5. The predicted molar refractivity (Wildman–Crippen MR) is 104 cm³/mol. The number of rotatable bonds is 7. The lowest BCUT2D eigenvalue weighted by Gasteiger charge is -2.11. The van der Waals surface area contributed by atoms with Crippen LogP contribution in [-0.2, 0) is 6.54 Å². The highest BCUT2D eigenvalue weighted by atomic mass is 16.5. The fourth-order valence-corrected chi connectivity index (χ4v) is 2.57. The van der Waals surface area contributed by atoms with Crippen molar-refractivity contribution in [2.24, 2.45) is 0 Å².